The maximum atomic E-state index is 11.3. The molecule has 0 saturated heterocycles. The minimum Gasteiger partial charge on any atom is -0.466 e. The lowest BCUT2D eigenvalue weighted by molar-refractivity contribution is 0.0525. The molecule has 2 heterocycles. The molecule has 0 spiro atoms. The second-order valence-electron chi connectivity index (χ2n) is 2.96. The van der Waals surface area contributed by atoms with Crippen LogP contribution >= 0.6 is 11.3 Å². The Morgan fingerprint density at radius 3 is 3.12 bits per heavy atom. The van der Waals surface area contributed by atoms with Crippen LogP contribution in [0.4, 0.5) is 0 Å². The van der Waals surface area contributed by atoms with Gasteiger partial charge in [0, 0.05) is 0 Å². The summed E-state index contributed by atoms with van der Waals surface area (Å²) in [6, 6.07) is 3.55. The Morgan fingerprint density at radius 2 is 2.41 bits per heavy atom. The first kappa shape index (κ1) is 11.6. The quantitative estimate of drug-likeness (QED) is 0.758. The van der Waals surface area contributed by atoms with Gasteiger partial charge in [-0.1, -0.05) is 5.10 Å². The lowest BCUT2D eigenvalue weighted by Gasteiger charge is -1.97. The summed E-state index contributed by atoms with van der Waals surface area (Å²) in [5, 5.41) is 7.89. The second-order valence-corrected chi connectivity index (χ2v) is 3.90. The smallest absolute Gasteiger partial charge is 0.369 e. The summed E-state index contributed by atoms with van der Waals surface area (Å²) < 4.78 is 15.2. The fourth-order valence-corrected chi connectivity index (χ4v) is 1.66. The molecular formula is C10H10N2O4S. The molecule has 0 saturated carbocycles. The predicted molar refractivity (Wildman–Crippen MR) is 58.9 cm³/mol. The maximum absolute atomic E-state index is 11.3. The molecule has 0 unspecified atom stereocenters. The summed E-state index contributed by atoms with van der Waals surface area (Å²) in [4.78, 5) is 11.3. The van der Waals surface area contributed by atoms with Crippen LogP contribution in [0.2, 0.25) is 0 Å². The average Bonchev–Trinajstić information content (AvgIpc) is 2.98. The molecule has 0 amide bonds. The molecular weight excluding hydrogens is 244 g/mol. The van der Waals surface area contributed by atoms with E-state index in [0.717, 1.165) is 11.3 Å². The fraction of sp³-hybridized carbons (Fsp3) is 0.300. The highest BCUT2D eigenvalue weighted by Crippen LogP contribution is 2.19. The van der Waals surface area contributed by atoms with Gasteiger partial charge in [0.05, 0.1) is 12.9 Å². The zero-order valence-electron chi connectivity index (χ0n) is 9.08. The van der Waals surface area contributed by atoms with Gasteiger partial charge in [-0.2, -0.15) is 0 Å². The molecule has 0 fully saturated rings. The van der Waals surface area contributed by atoms with Crippen molar-refractivity contribution in [2.75, 3.05) is 6.61 Å². The van der Waals surface area contributed by atoms with Crippen molar-refractivity contribution in [3.8, 4) is 5.19 Å². The van der Waals surface area contributed by atoms with E-state index < -0.39 is 5.97 Å². The molecule has 0 aliphatic heterocycles. The maximum Gasteiger partial charge on any atom is 0.369 e. The van der Waals surface area contributed by atoms with Crippen molar-refractivity contribution >= 4 is 17.3 Å². The Hall–Kier alpha value is -1.89. The van der Waals surface area contributed by atoms with E-state index in [2.05, 4.69) is 10.2 Å². The third kappa shape index (κ3) is 3.04. The summed E-state index contributed by atoms with van der Waals surface area (Å²) in [6.07, 6.45) is 1.56. The van der Waals surface area contributed by atoms with Crippen LogP contribution in [0, 0.1) is 0 Å². The Labute approximate surface area is 101 Å². The normalized spacial score (nSPS) is 10.2. The van der Waals surface area contributed by atoms with Gasteiger partial charge in [0.2, 0.25) is 5.01 Å². The van der Waals surface area contributed by atoms with Gasteiger partial charge in [-0.3, -0.25) is 0 Å². The number of carbonyl (C=O) groups is 1. The number of rotatable bonds is 5. The highest BCUT2D eigenvalue weighted by molar-refractivity contribution is 7.14. The Balaban J connectivity index is 1.92. The van der Waals surface area contributed by atoms with Gasteiger partial charge in [0.15, 0.2) is 0 Å². The molecule has 7 heteroatoms. The van der Waals surface area contributed by atoms with Crippen molar-refractivity contribution in [1.29, 1.82) is 0 Å². The van der Waals surface area contributed by atoms with Gasteiger partial charge in [-0.25, -0.2) is 4.79 Å². The monoisotopic (exact) mass is 254 g/mol. The van der Waals surface area contributed by atoms with Crippen LogP contribution in [0.25, 0.3) is 0 Å². The van der Waals surface area contributed by atoms with Crippen LogP contribution in [0.1, 0.15) is 22.5 Å². The highest BCUT2D eigenvalue weighted by Gasteiger charge is 2.14. The van der Waals surface area contributed by atoms with E-state index in [1.165, 1.54) is 0 Å². The Kier molecular flexibility index (Phi) is 3.71. The first-order chi connectivity index (χ1) is 8.29. The van der Waals surface area contributed by atoms with E-state index in [9.17, 15) is 4.79 Å². The number of nitrogens with zero attached hydrogens (tertiary/aromatic N) is 2. The lowest BCUT2D eigenvalue weighted by Crippen LogP contribution is -2.03. The minimum absolute atomic E-state index is 0.182. The first-order valence-corrected chi connectivity index (χ1v) is 5.77. The Morgan fingerprint density at radius 1 is 1.53 bits per heavy atom. The van der Waals surface area contributed by atoms with Crippen molar-refractivity contribution in [1.82, 2.24) is 10.2 Å². The summed E-state index contributed by atoms with van der Waals surface area (Å²) in [7, 11) is 0. The average molecular weight is 254 g/mol. The second kappa shape index (κ2) is 5.44. The van der Waals surface area contributed by atoms with Gasteiger partial charge in [-0.05, 0) is 30.4 Å². The standard InChI is InChI=1S/C10H10N2O4S/c1-2-14-9(13)8-11-12-10(17-8)16-6-7-4-3-5-15-7/h3-5H,2,6H2,1H3. The van der Waals surface area contributed by atoms with Gasteiger partial charge in [-0.15, -0.1) is 5.10 Å². The van der Waals surface area contributed by atoms with Gasteiger partial charge in [0.1, 0.15) is 12.4 Å². The topological polar surface area (TPSA) is 74.5 Å². The van der Waals surface area contributed by atoms with Crippen LogP contribution in [0.15, 0.2) is 22.8 Å². The lowest BCUT2D eigenvalue weighted by atomic mass is 10.5. The minimum atomic E-state index is -0.488. The first-order valence-electron chi connectivity index (χ1n) is 4.95. The third-order valence-electron chi connectivity index (χ3n) is 1.77. The molecule has 0 aromatic carbocycles. The molecule has 2 aromatic heterocycles. The number of carbonyl (C=O) groups excluding carboxylic acids is 1. The number of furan rings is 1. The number of ether oxygens (including phenoxy) is 2. The van der Waals surface area contributed by atoms with Crippen LogP contribution < -0.4 is 4.74 Å². The van der Waals surface area contributed by atoms with E-state index in [-0.39, 0.29) is 11.6 Å². The molecule has 0 aliphatic rings. The number of hydrogen-bond acceptors (Lipinski definition) is 7. The molecule has 0 radical (unpaired) electrons. The summed E-state index contributed by atoms with van der Waals surface area (Å²) in [6.45, 7) is 2.29. The van der Waals surface area contributed by atoms with Crippen molar-refractivity contribution in [3.05, 3.63) is 29.2 Å². The van der Waals surface area contributed by atoms with E-state index >= 15 is 0 Å². The SMILES string of the molecule is CCOC(=O)c1nnc(OCc2ccco2)s1. The van der Waals surface area contributed by atoms with Gasteiger partial charge in [0.25, 0.3) is 5.19 Å². The number of esters is 1. The summed E-state index contributed by atoms with van der Waals surface area (Å²) in [5.41, 5.74) is 0. The number of hydrogen-bond donors (Lipinski definition) is 0. The van der Waals surface area contributed by atoms with Crippen molar-refractivity contribution in [2.45, 2.75) is 13.5 Å². The van der Waals surface area contributed by atoms with Crippen LogP contribution in [-0.4, -0.2) is 22.8 Å². The zero-order valence-corrected chi connectivity index (χ0v) is 9.90. The van der Waals surface area contributed by atoms with E-state index in [1.807, 2.05) is 0 Å². The summed E-state index contributed by atoms with van der Waals surface area (Å²) >= 11 is 1.04. The van der Waals surface area contributed by atoms with Crippen molar-refractivity contribution < 1.29 is 18.7 Å². The third-order valence-corrected chi connectivity index (χ3v) is 2.59. The molecule has 90 valence electrons. The number of aromatic nitrogens is 2. The zero-order chi connectivity index (χ0) is 12.1. The fourth-order valence-electron chi connectivity index (χ4n) is 1.07. The molecule has 0 N–H and O–H groups in total. The highest BCUT2D eigenvalue weighted by atomic mass is 32.1. The van der Waals surface area contributed by atoms with Crippen molar-refractivity contribution in [3.63, 3.8) is 0 Å². The molecule has 0 aliphatic carbocycles. The predicted octanol–water partition coefficient (Wildman–Crippen LogP) is 1.89. The summed E-state index contributed by atoms with van der Waals surface area (Å²) in [5.74, 6) is 0.190. The molecule has 6 nitrogen and oxygen atoms in total. The van der Waals surface area contributed by atoms with Crippen LogP contribution in [0.3, 0.4) is 0 Å². The van der Waals surface area contributed by atoms with Crippen LogP contribution in [0.5, 0.6) is 5.19 Å². The van der Waals surface area contributed by atoms with E-state index in [4.69, 9.17) is 13.9 Å². The van der Waals surface area contributed by atoms with Crippen LogP contribution in [-0.2, 0) is 11.3 Å². The molecule has 0 bridgehead atoms. The largest absolute Gasteiger partial charge is 0.466 e. The molecule has 0 atom stereocenters. The van der Waals surface area contributed by atoms with Gasteiger partial charge >= 0.3 is 5.97 Å². The molecule has 2 rings (SSSR count). The van der Waals surface area contributed by atoms with E-state index in [0.29, 0.717) is 17.6 Å². The van der Waals surface area contributed by atoms with Gasteiger partial charge < -0.3 is 13.9 Å². The Bertz CT molecular complexity index is 480. The molecule has 17 heavy (non-hydrogen) atoms. The van der Waals surface area contributed by atoms with E-state index in [1.54, 1.807) is 25.3 Å². The molecule has 2 aromatic rings. The van der Waals surface area contributed by atoms with Crippen molar-refractivity contribution in [2.24, 2.45) is 0 Å².